The minimum Gasteiger partial charge on any atom is -0.445 e. The number of carbonyl (C=O) groups excluding carboxylic acids is 1. The van der Waals surface area contributed by atoms with Crippen LogP contribution in [0.1, 0.15) is 11.1 Å². The average molecular weight is 311 g/mol. The van der Waals surface area contributed by atoms with Crippen LogP contribution in [0.3, 0.4) is 0 Å². The van der Waals surface area contributed by atoms with E-state index in [1.807, 2.05) is 60.7 Å². The van der Waals surface area contributed by atoms with Crippen LogP contribution in [-0.4, -0.2) is 18.7 Å². The smallest absolute Gasteiger partial charge is 0.408 e. The second-order valence-corrected chi connectivity index (χ2v) is 5.05. The van der Waals surface area contributed by atoms with E-state index >= 15 is 0 Å². The lowest BCUT2D eigenvalue weighted by Gasteiger charge is -2.15. The van der Waals surface area contributed by atoms with Gasteiger partial charge in [-0.2, -0.15) is 0 Å². The van der Waals surface area contributed by atoms with E-state index in [4.69, 9.17) is 9.47 Å². The van der Waals surface area contributed by atoms with Gasteiger partial charge >= 0.3 is 6.09 Å². The highest BCUT2D eigenvalue weighted by atomic mass is 16.5. The number of benzene rings is 2. The van der Waals surface area contributed by atoms with E-state index in [0.29, 0.717) is 13.2 Å². The topological polar surface area (TPSA) is 47.6 Å². The van der Waals surface area contributed by atoms with Crippen LogP contribution in [0, 0.1) is 0 Å². The number of alkyl carbamates (subject to hydrolysis) is 1. The van der Waals surface area contributed by atoms with Crippen LogP contribution in [0.15, 0.2) is 73.3 Å². The summed E-state index contributed by atoms with van der Waals surface area (Å²) in [6.07, 6.45) is 1.15. The first-order valence-corrected chi connectivity index (χ1v) is 7.49. The molecule has 1 atom stereocenters. The Morgan fingerprint density at radius 3 is 2.13 bits per heavy atom. The molecule has 1 unspecified atom stereocenters. The van der Waals surface area contributed by atoms with Crippen LogP contribution in [0.5, 0.6) is 0 Å². The van der Waals surface area contributed by atoms with Crippen molar-refractivity contribution in [3.63, 3.8) is 0 Å². The molecule has 2 rings (SSSR count). The Labute approximate surface area is 136 Å². The van der Waals surface area contributed by atoms with Crippen molar-refractivity contribution in [1.29, 1.82) is 0 Å². The second-order valence-electron chi connectivity index (χ2n) is 5.05. The maximum absolute atomic E-state index is 11.8. The molecule has 0 aliphatic carbocycles. The van der Waals surface area contributed by atoms with Gasteiger partial charge in [-0.1, -0.05) is 66.7 Å². The van der Waals surface area contributed by atoms with Crippen LogP contribution in [0.4, 0.5) is 4.79 Å². The molecule has 0 aliphatic heterocycles. The molecular formula is C19H21NO3. The first-order chi connectivity index (χ1) is 11.3. The van der Waals surface area contributed by atoms with Crippen LogP contribution in [0.2, 0.25) is 0 Å². The summed E-state index contributed by atoms with van der Waals surface area (Å²) in [7, 11) is 0. The Bertz CT molecular complexity index is 599. The van der Waals surface area contributed by atoms with E-state index in [9.17, 15) is 4.79 Å². The number of ether oxygens (including phenoxy) is 2. The Kier molecular flexibility index (Phi) is 6.88. The Morgan fingerprint density at radius 1 is 1.00 bits per heavy atom. The SMILES string of the molecule is C=CC(COCc1ccccc1)NC(=O)OCc1ccccc1. The third kappa shape index (κ3) is 6.36. The van der Waals surface area contributed by atoms with Gasteiger partial charge in [0.2, 0.25) is 0 Å². The summed E-state index contributed by atoms with van der Waals surface area (Å²) in [6.45, 7) is 4.78. The fourth-order valence-electron chi connectivity index (χ4n) is 1.96. The minimum atomic E-state index is -0.484. The lowest BCUT2D eigenvalue weighted by Crippen LogP contribution is -2.37. The van der Waals surface area contributed by atoms with E-state index in [1.165, 1.54) is 0 Å². The van der Waals surface area contributed by atoms with E-state index in [-0.39, 0.29) is 12.6 Å². The zero-order valence-electron chi connectivity index (χ0n) is 13.0. The van der Waals surface area contributed by atoms with E-state index in [0.717, 1.165) is 11.1 Å². The molecule has 2 aromatic carbocycles. The highest BCUT2D eigenvalue weighted by Crippen LogP contribution is 2.03. The summed E-state index contributed by atoms with van der Waals surface area (Å²) < 4.78 is 10.8. The lowest BCUT2D eigenvalue weighted by atomic mass is 10.2. The summed E-state index contributed by atoms with van der Waals surface area (Å²) >= 11 is 0. The summed E-state index contributed by atoms with van der Waals surface area (Å²) in [6, 6.07) is 19.1. The van der Waals surface area contributed by atoms with Gasteiger partial charge in [-0.05, 0) is 11.1 Å². The molecule has 0 saturated carbocycles. The van der Waals surface area contributed by atoms with Crippen molar-refractivity contribution < 1.29 is 14.3 Å². The summed E-state index contributed by atoms with van der Waals surface area (Å²) in [4.78, 5) is 11.8. The molecule has 23 heavy (non-hydrogen) atoms. The van der Waals surface area contributed by atoms with Crippen LogP contribution < -0.4 is 5.32 Å². The maximum Gasteiger partial charge on any atom is 0.408 e. The predicted octanol–water partition coefficient (Wildman–Crippen LogP) is 3.68. The Balaban J connectivity index is 1.69. The largest absolute Gasteiger partial charge is 0.445 e. The predicted molar refractivity (Wildman–Crippen MR) is 89.8 cm³/mol. The molecule has 0 fully saturated rings. The van der Waals surface area contributed by atoms with Gasteiger partial charge in [-0.3, -0.25) is 0 Å². The number of amides is 1. The van der Waals surface area contributed by atoms with Crippen molar-refractivity contribution in [2.45, 2.75) is 19.3 Å². The third-order valence-corrected chi connectivity index (χ3v) is 3.21. The zero-order valence-corrected chi connectivity index (χ0v) is 13.0. The van der Waals surface area contributed by atoms with Gasteiger partial charge < -0.3 is 14.8 Å². The van der Waals surface area contributed by atoms with Gasteiger partial charge in [0.1, 0.15) is 6.61 Å². The van der Waals surface area contributed by atoms with Crippen LogP contribution in [0.25, 0.3) is 0 Å². The highest BCUT2D eigenvalue weighted by Gasteiger charge is 2.10. The Morgan fingerprint density at radius 2 is 1.57 bits per heavy atom. The summed E-state index contributed by atoms with van der Waals surface area (Å²) in [5.41, 5.74) is 2.03. The van der Waals surface area contributed by atoms with Crippen molar-refractivity contribution in [1.82, 2.24) is 5.32 Å². The summed E-state index contributed by atoms with van der Waals surface area (Å²) in [5, 5.41) is 2.72. The number of carbonyl (C=O) groups is 1. The molecular weight excluding hydrogens is 290 g/mol. The Hall–Kier alpha value is -2.59. The van der Waals surface area contributed by atoms with E-state index in [2.05, 4.69) is 11.9 Å². The fraction of sp³-hybridized carbons (Fsp3) is 0.211. The van der Waals surface area contributed by atoms with Crippen molar-refractivity contribution in [3.8, 4) is 0 Å². The standard InChI is InChI=1S/C19H21NO3/c1-2-18(15-22-13-16-9-5-3-6-10-16)20-19(21)23-14-17-11-7-4-8-12-17/h2-12,18H,1,13-15H2,(H,20,21). The molecule has 1 N–H and O–H groups in total. The molecule has 0 heterocycles. The molecule has 1 amide bonds. The van der Waals surface area contributed by atoms with Gasteiger partial charge in [0.05, 0.1) is 19.3 Å². The molecule has 0 spiro atoms. The number of hydrogen-bond donors (Lipinski definition) is 1. The normalized spacial score (nSPS) is 11.5. The molecule has 4 heteroatoms. The van der Waals surface area contributed by atoms with Crippen molar-refractivity contribution >= 4 is 6.09 Å². The lowest BCUT2D eigenvalue weighted by molar-refractivity contribution is 0.0982. The molecule has 0 saturated heterocycles. The molecule has 4 nitrogen and oxygen atoms in total. The molecule has 0 aromatic heterocycles. The average Bonchev–Trinajstić information content (AvgIpc) is 2.61. The summed E-state index contributed by atoms with van der Waals surface area (Å²) in [5.74, 6) is 0. The molecule has 0 bridgehead atoms. The van der Waals surface area contributed by atoms with Crippen molar-refractivity contribution in [2.75, 3.05) is 6.61 Å². The third-order valence-electron chi connectivity index (χ3n) is 3.21. The fourth-order valence-corrected chi connectivity index (χ4v) is 1.96. The maximum atomic E-state index is 11.8. The zero-order chi connectivity index (χ0) is 16.3. The first-order valence-electron chi connectivity index (χ1n) is 7.49. The number of hydrogen-bond acceptors (Lipinski definition) is 3. The second kappa shape index (κ2) is 9.43. The number of nitrogens with one attached hydrogen (secondary N) is 1. The van der Waals surface area contributed by atoms with Crippen molar-refractivity contribution in [2.24, 2.45) is 0 Å². The molecule has 0 aliphatic rings. The minimum absolute atomic E-state index is 0.238. The van der Waals surface area contributed by atoms with E-state index in [1.54, 1.807) is 6.08 Å². The monoisotopic (exact) mass is 311 g/mol. The van der Waals surface area contributed by atoms with Gasteiger partial charge in [0, 0.05) is 0 Å². The van der Waals surface area contributed by atoms with Crippen LogP contribution in [-0.2, 0) is 22.7 Å². The van der Waals surface area contributed by atoms with Crippen LogP contribution >= 0.6 is 0 Å². The van der Waals surface area contributed by atoms with E-state index < -0.39 is 6.09 Å². The van der Waals surface area contributed by atoms with Gasteiger partial charge in [0.25, 0.3) is 0 Å². The van der Waals surface area contributed by atoms with Gasteiger partial charge in [0.15, 0.2) is 0 Å². The molecule has 120 valence electrons. The highest BCUT2D eigenvalue weighted by molar-refractivity contribution is 5.67. The quantitative estimate of drug-likeness (QED) is 0.756. The molecule has 0 radical (unpaired) electrons. The molecule has 2 aromatic rings. The number of rotatable bonds is 8. The first kappa shape index (κ1) is 16.8. The van der Waals surface area contributed by atoms with Gasteiger partial charge in [-0.15, -0.1) is 6.58 Å². The van der Waals surface area contributed by atoms with Gasteiger partial charge in [-0.25, -0.2) is 4.79 Å². The van der Waals surface area contributed by atoms with Crippen molar-refractivity contribution in [3.05, 3.63) is 84.4 Å².